The highest BCUT2D eigenvalue weighted by atomic mass is 19.1. The lowest BCUT2D eigenvalue weighted by molar-refractivity contribution is -0.139. The maximum Gasteiger partial charge on any atom is 0.326 e. The van der Waals surface area contributed by atoms with Crippen LogP contribution in [0.2, 0.25) is 0 Å². The number of rotatable bonds is 12. The molecule has 1 fully saturated rings. The second kappa shape index (κ2) is 11.7. The van der Waals surface area contributed by atoms with E-state index in [4.69, 9.17) is 0 Å². The van der Waals surface area contributed by atoms with Crippen molar-refractivity contribution in [3.63, 3.8) is 0 Å². The molecule has 8 heteroatoms. The van der Waals surface area contributed by atoms with Gasteiger partial charge in [-0.25, -0.2) is 9.18 Å². The van der Waals surface area contributed by atoms with Crippen LogP contribution in [0.1, 0.15) is 41.1 Å². The Labute approximate surface area is 209 Å². The standard InChI is InChI=1S/C28H29FN4O3/c1-2-15-33(26-17-23(26)19-9-11-22(29)12-10-19)16-3-4-24(28(35)36)32-27(34)21-7-5-20(6-8-21)25-18-30-13-14-31-25/h2,5-14,18,23-24,26H,1,3-4,15-17H2,(H,32,34)(H,35,36)/t23-,24-,26+/m0/s1. The molecular formula is C28H29FN4O3. The van der Waals surface area contributed by atoms with Crippen molar-refractivity contribution in [1.82, 2.24) is 20.2 Å². The lowest BCUT2D eigenvalue weighted by Gasteiger charge is -2.22. The van der Waals surface area contributed by atoms with Crippen LogP contribution in [0.25, 0.3) is 11.3 Å². The van der Waals surface area contributed by atoms with Crippen LogP contribution < -0.4 is 5.32 Å². The van der Waals surface area contributed by atoms with Crippen LogP contribution in [-0.2, 0) is 4.79 Å². The Morgan fingerprint density at radius 1 is 1.17 bits per heavy atom. The van der Waals surface area contributed by atoms with Crippen LogP contribution in [0.5, 0.6) is 0 Å². The second-order valence-electron chi connectivity index (χ2n) is 8.92. The van der Waals surface area contributed by atoms with Gasteiger partial charge in [0.25, 0.3) is 5.91 Å². The molecule has 0 saturated heterocycles. The van der Waals surface area contributed by atoms with Gasteiger partial charge in [0.15, 0.2) is 0 Å². The fourth-order valence-electron chi connectivity index (χ4n) is 4.45. The number of aromatic nitrogens is 2. The number of halogens is 1. The molecule has 0 spiro atoms. The second-order valence-corrected chi connectivity index (χ2v) is 8.92. The number of aliphatic carboxylic acids is 1. The molecule has 36 heavy (non-hydrogen) atoms. The van der Waals surface area contributed by atoms with Crippen molar-refractivity contribution in [2.45, 2.75) is 37.3 Å². The van der Waals surface area contributed by atoms with E-state index in [9.17, 15) is 19.1 Å². The van der Waals surface area contributed by atoms with Gasteiger partial charge in [-0.05, 0) is 55.6 Å². The van der Waals surface area contributed by atoms with Crippen molar-refractivity contribution < 1.29 is 19.1 Å². The van der Waals surface area contributed by atoms with Gasteiger partial charge in [0, 0.05) is 42.0 Å². The van der Waals surface area contributed by atoms with Crippen LogP contribution in [-0.4, -0.2) is 57.0 Å². The molecule has 2 aromatic carbocycles. The molecular weight excluding hydrogens is 459 g/mol. The maximum absolute atomic E-state index is 13.2. The van der Waals surface area contributed by atoms with Gasteiger partial charge >= 0.3 is 5.97 Å². The Hall–Kier alpha value is -3.91. The van der Waals surface area contributed by atoms with Crippen LogP contribution in [0.15, 0.2) is 79.8 Å². The molecule has 1 amide bonds. The molecule has 1 aliphatic carbocycles. The van der Waals surface area contributed by atoms with E-state index in [-0.39, 0.29) is 5.82 Å². The molecule has 1 aliphatic rings. The molecule has 2 N–H and O–H groups in total. The average molecular weight is 489 g/mol. The van der Waals surface area contributed by atoms with E-state index >= 15 is 0 Å². The fraction of sp³-hybridized carbons (Fsp3) is 0.286. The zero-order valence-electron chi connectivity index (χ0n) is 19.9. The molecule has 7 nitrogen and oxygen atoms in total. The molecule has 1 aromatic heterocycles. The minimum Gasteiger partial charge on any atom is -0.480 e. The highest BCUT2D eigenvalue weighted by Gasteiger charge is 2.42. The summed E-state index contributed by atoms with van der Waals surface area (Å²) in [5.74, 6) is -1.41. The molecule has 3 aromatic rings. The van der Waals surface area contributed by atoms with Crippen LogP contribution >= 0.6 is 0 Å². The number of hydrogen-bond donors (Lipinski definition) is 2. The zero-order valence-corrected chi connectivity index (χ0v) is 19.9. The van der Waals surface area contributed by atoms with E-state index in [1.807, 2.05) is 18.2 Å². The minimum absolute atomic E-state index is 0.248. The Morgan fingerprint density at radius 3 is 2.56 bits per heavy atom. The Kier molecular flexibility index (Phi) is 8.17. The SMILES string of the molecule is C=CCN(CCC[C@H](NC(=O)c1ccc(-c2cnccn2)cc1)C(=O)O)[C@@H]1C[C@H]1c1ccc(F)cc1. The first-order chi connectivity index (χ1) is 17.5. The zero-order chi connectivity index (χ0) is 25.5. The normalized spacial score (nSPS) is 17.4. The van der Waals surface area contributed by atoms with E-state index in [1.54, 1.807) is 42.9 Å². The molecule has 4 rings (SSSR count). The van der Waals surface area contributed by atoms with Crippen molar-refractivity contribution in [3.8, 4) is 11.3 Å². The van der Waals surface area contributed by atoms with Gasteiger partial charge in [-0.3, -0.25) is 19.7 Å². The number of hydrogen-bond acceptors (Lipinski definition) is 5. The fourth-order valence-corrected chi connectivity index (χ4v) is 4.45. The van der Waals surface area contributed by atoms with Crippen LogP contribution in [0, 0.1) is 5.82 Å². The Balaban J connectivity index is 1.30. The molecule has 0 bridgehead atoms. The van der Waals surface area contributed by atoms with E-state index in [0.717, 1.165) is 17.5 Å². The number of carboxylic acids is 1. The van der Waals surface area contributed by atoms with Crippen molar-refractivity contribution in [2.75, 3.05) is 13.1 Å². The molecule has 1 heterocycles. The monoisotopic (exact) mass is 488 g/mol. The molecule has 186 valence electrons. The highest BCUT2D eigenvalue weighted by Crippen LogP contribution is 2.44. The third kappa shape index (κ3) is 6.40. The summed E-state index contributed by atoms with van der Waals surface area (Å²) in [6.45, 7) is 5.21. The number of nitrogens with one attached hydrogen (secondary N) is 1. The predicted octanol–water partition coefficient (Wildman–Crippen LogP) is 4.29. The summed E-state index contributed by atoms with van der Waals surface area (Å²) in [5.41, 5.74) is 2.99. The van der Waals surface area contributed by atoms with Gasteiger partial charge in [0.1, 0.15) is 11.9 Å². The molecule has 3 atom stereocenters. The van der Waals surface area contributed by atoms with Crippen molar-refractivity contribution >= 4 is 11.9 Å². The van der Waals surface area contributed by atoms with Gasteiger partial charge in [-0.15, -0.1) is 6.58 Å². The summed E-state index contributed by atoms with van der Waals surface area (Å²) in [7, 11) is 0. The predicted molar refractivity (Wildman–Crippen MR) is 135 cm³/mol. The quantitative estimate of drug-likeness (QED) is 0.369. The number of carboxylic acid groups (broad SMARTS) is 1. The largest absolute Gasteiger partial charge is 0.480 e. The molecule has 0 unspecified atom stereocenters. The van der Waals surface area contributed by atoms with Gasteiger partial charge in [0.2, 0.25) is 0 Å². The number of nitrogens with zero attached hydrogens (tertiary/aromatic N) is 3. The Bertz CT molecular complexity index is 1190. The smallest absolute Gasteiger partial charge is 0.326 e. The number of carbonyl (C=O) groups is 2. The first-order valence-corrected chi connectivity index (χ1v) is 12.0. The molecule has 0 radical (unpaired) electrons. The molecule has 1 saturated carbocycles. The lowest BCUT2D eigenvalue weighted by Crippen LogP contribution is -2.41. The number of carbonyl (C=O) groups excluding carboxylic acids is 1. The van der Waals surface area contributed by atoms with E-state index in [0.29, 0.717) is 49.1 Å². The number of benzene rings is 2. The minimum atomic E-state index is -1.06. The van der Waals surface area contributed by atoms with E-state index in [1.165, 1.54) is 12.1 Å². The number of amides is 1. The van der Waals surface area contributed by atoms with Gasteiger partial charge < -0.3 is 10.4 Å². The van der Waals surface area contributed by atoms with Crippen LogP contribution in [0.3, 0.4) is 0 Å². The van der Waals surface area contributed by atoms with E-state index in [2.05, 4.69) is 26.8 Å². The maximum atomic E-state index is 13.2. The van der Waals surface area contributed by atoms with Gasteiger partial charge in [-0.2, -0.15) is 0 Å². The van der Waals surface area contributed by atoms with Crippen molar-refractivity contribution in [3.05, 3.63) is 96.7 Å². The van der Waals surface area contributed by atoms with Crippen LogP contribution in [0.4, 0.5) is 4.39 Å². The summed E-state index contributed by atoms with van der Waals surface area (Å²) in [4.78, 5) is 35.1. The third-order valence-corrected chi connectivity index (χ3v) is 6.44. The molecule has 0 aliphatic heterocycles. The van der Waals surface area contributed by atoms with E-state index < -0.39 is 17.9 Å². The summed E-state index contributed by atoms with van der Waals surface area (Å²) in [6, 6.07) is 12.7. The van der Waals surface area contributed by atoms with Crippen molar-refractivity contribution in [2.24, 2.45) is 0 Å². The topological polar surface area (TPSA) is 95.4 Å². The lowest BCUT2D eigenvalue weighted by atomic mass is 10.1. The highest BCUT2D eigenvalue weighted by molar-refractivity contribution is 5.96. The summed E-state index contributed by atoms with van der Waals surface area (Å²) in [5, 5.41) is 12.3. The third-order valence-electron chi connectivity index (χ3n) is 6.44. The Morgan fingerprint density at radius 2 is 1.92 bits per heavy atom. The van der Waals surface area contributed by atoms with Crippen molar-refractivity contribution in [1.29, 1.82) is 0 Å². The summed E-state index contributed by atoms with van der Waals surface area (Å²) >= 11 is 0. The summed E-state index contributed by atoms with van der Waals surface area (Å²) in [6.07, 6.45) is 8.53. The average Bonchev–Trinajstić information content (AvgIpc) is 3.69. The summed E-state index contributed by atoms with van der Waals surface area (Å²) < 4.78 is 13.2. The van der Waals surface area contributed by atoms with Gasteiger partial charge in [-0.1, -0.05) is 30.3 Å². The first kappa shape index (κ1) is 25.2. The first-order valence-electron chi connectivity index (χ1n) is 12.0. The van der Waals surface area contributed by atoms with Gasteiger partial charge in [0.05, 0.1) is 11.9 Å².